The van der Waals surface area contributed by atoms with Gasteiger partial charge in [0.15, 0.2) is 11.5 Å². The van der Waals surface area contributed by atoms with Gasteiger partial charge in [-0.05, 0) is 36.2 Å². The molecule has 0 radical (unpaired) electrons. The molecule has 2 aromatic rings. The Morgan fingerprint density at radius 3 is 2.41 bits per heavy atom. The number of benzene rings is 2. The second-order valence-electron chi connectivity index (χ2n) is 7.62. The number of hydrogen-bond acceptors (Lipinski definition) is 6. The number of rotatable bonds is 9. The van der Waals surface area contributed by atoms with E-state index in [-0.39, 0.29) is 24.9 Å². The number of hydrogen-bond donors (Lipinski definition) is 1. The number of anilines is 1. The van der Waals surface area contributed by atoms with Gasteiger partial charge in [-0.15, -0.1) is 0 Å². The SMILES string of the molecule is CC[C@H](C(=O)NC)N(Cc1ccc(Cl)c(Cl)c1)C(=O)CN(c1ccc2c(c1)OCO2)S(C)(=O)=O. The Labute approximate surface area is 208 Å². The molecular formula is C22H25Cl2N3O6S. The van der Waals surface area contributed by atoms with Gasteiger partial charge in [-0.1, -0.05) is 36.2 Å². The number of carbonyl (C=O) groups excluding carboxylic acids is 2. The number of carbonyl (C=O) groups is 2. The minimum atomic E-state index is -3.86. The fraction of sp³-hybridized carbons (Fsp3) is 0.364. The molecule has 0 fully saturated rings. The van der Waals surface area contributed by atoms with E-state index in [1.165, 1.54) is 24.1 Å². The molecule has 0 bridgehead atoms. The molecule has 184 valence electrons. The van der Waals surface area contributed by atoms with Gasteiger partial charge < -0.3 is 19.7 Å². The molecule has 1 aliphatic rings. The van der Waals surface area contributed by atoms with Crippen LogP contribution >= 0.6 is 23.2 Å². The summed E-state index contributed by atoms with van der Waals surface area (Å²) in [5.41, 5.74) is 0.877. The third-order valence-electron chi connectivity index (χ3n) is 5.29. The molecule has 1 heterocycles. The normalized spacial score (nSPS) is 13.3. The first-order valence-corrected chi connectivity index (χ1v) is 13.0. The molecule has 1 N–H and O–H groups in total. The number of halogens is 2. The van der Waals surface area contributed by atoms with Crippen molar-refractivity contribution in [3.8, 4) is 11.5 Å². The summed E-state index contributed by atoms with van der Waals surface area (Å²) in [5, 5.41) is 3.22. The monoisotopic (exact) mass is 529 g/mol. The summed E-state index contributed by atoms with van der Waals surface area (Å²) in [5.74, 6) is -0.0759. The minimum absolute atomic E-state index is 0.0261. The Kier molecular flexibility index (Phi) is 8.17. The molecule has 0 saturated heterocycles. The average Bonchev–Trinajstić information content (AvgIpc) is 3.26. The zero-order valence-corrected chi connectivity index (χ0v) is 21.2. The highest BCUT2D eigenvalue weighted by Gasteiger charge is 2.32. The van der Waals surface area contributed by atoms with Gasteiger partial charge in [0.1, 0.15) is 12.6 Å². The highest BCUT2D eigenvalue weighted by atomic mass is 35.5. The molecule has 12 heteroatoms. The third-order valence-corrected chi connectivity index (χ3v) is 7.17. The Bertz CT molecular complexity index is 1190. The van der Waals surface area contributed by atoms with Gasteiger partial charge >= 0.3 is 0 Å². The Balaban J connectivity index is 1.95. The largest absolute Gasteiger partial charge is 0.454 e. The van der Waals surface area contributed by atoms with Gasteiger partial charge in [0.2, 0.25) is 28.6 Å². The van der Waals surface area contributed by atoms with Crippen molar-refractivity contribution in [2.75, 3.05) is 30.9 Å². The smallest absolute Gasteiger partial charge is 0.244 e. The Morgan fingerprint density at radius 2 is 1.79 bits per heavy atom. The fourth-order valence-corrected chi connectivity index (χ4v) is 4.74. The molecule has 1 aliphatic heterocycles. The van der Waals surface area contributed by atoms with E-state index in [0.29, 0.717) is 33.5 Å². The van der Waals surface area contributed by atoms with Gasteiger partial charge in [-0.3, -0.25) is 13.9 Å². The molecule has 0 aromatic heterocycles. The van der Waals surface area contributed by atoms with Gasteiger partial charge in [0, 0.05) is 19.7 Å². The van der Waals surface area contributed by atoms with E-state index in [1.54, 1.807) is 31.2 Å². The molecule has 0 saturated carbocycles. The molecule has 9 nitrogen and oxygen atoms in total. The Morgan fingerprint density at radius 1 is 1.09 bits per heavy atom. The van der Waals surface area contributed by atoms with E-state index < -0.39 is 28.5 Å². The minimum Gasteiger partial charge on any atom is -0.454 e. The third kappa shape index (κ3) is 5.86. The summed E-state index contributed by atoms with van der Waals surface area (Å²) < 4.78 is 36.8. The van der Waals surface area contributed by atoms with Crippen LogP contribution in [0.25, 0.3) is 0 Å². The second-order valence-corrected chi connectivity index (χ2v) is 10.3. The zero-order valence-electron chi connectivity index (χ0n) is 18.9. The van der Waals surface area contributed by atoms with Crippen LogP contribution in [-0.2, 0) is 26.2 Å². The predicted octanol–water partition coefficient (Wildman–Crippen LogP) is 3.04. The standard InChI is InChI=1S/C22H25Cl2N3O6S/c1-4-18(22(29)25-2)26(11-14-5-7-16(23)17(24)9-14)21(28)12-27(34(3,30)31)15-6-8-19-20(10-15)33-13-32-19/h5-10,18H,4,11-13H2,1-3H3,(H,25,29)/t18-/m1/s1. The zero-order chi connectivity index (χ0) is 25.0. The lowest BCUT2D eigenvalue weighted by atomic mass is 10.1. The van der Waals surface area contributed by atoms with Crippen LogP contribution in [0.5, 0.6) is 11.5 Å². The predicted molar refractivity (Wildman–Crippen MR) is 130 cm³/mol. The lowest BCUT2D eigenvalue weighted by Crippen LogP contribution is -2.51. The lowest BCUT2D eigenvalue weighted by molar-refractivity contribution is -0.140. The van der Waals surface area contributed by atoms with Crippen LogP contribution in [0.15, 0.2) is 36.4 Å². The molecule has 34 heavy (non-hydrogen) atoms. The van der Waals surface area contributed by atoms with Crippen LogP contribution in [0.1, 0.15) is 18.9 Å². The summed E-state index contributed by atoms with van der Waals surface area (Å²) in [7, 11) is -2.38. The molecule has 3 rings (SSSR count). The quantitative estimate of drug-likeness (QED) is 0.535. The van der Waals surface area contributed by atoms with E-state index >= 15 is 0 Å². The van der Waals surface area contributed by atoms with Gasteiger partial charge in [-0.2, -0.15) is 0 Å². The number of amides is 2. The molecule has 2 aromatic carbocycles. The van der Waals surface area contributed by atoms with E-state index in [2.05, 4.69) is 5.32 Å². The molecule has 1 atom stereocenters. The number of nitrogens with one attached hydrogen (secondary N) is 1. The van der Waals surface area contributed by atoms with Crippen LogP contribution < -0.4 is 19.1 Å². The summed E-state index contributed by atoms with van der Waals surface area (Å²) >= 11 is 12.1. The topological polar surface area (TPSA) is 105 Å². The lowest BCUT2D eigenvalue weighted by Gasteiger charge is -2.32. The maximum atomic E-state index is 13.5. The first-order valence-electron chi connectivity index (χ1n) is 10.4. The number of likely N-dealkylation sites (N-methyl/N-ethyl adjacent to an activating group) is 1. The molecule has 0 unspecified atom stereocenters. The van der Waals surface area contributed by atoms with Crippen LogP contribution in [0.4, 0.5) is 5.69 Å². The van der Waals surface area contributed by atoms with E-state index in [1.807, 2.05) is 0 Å². The van der Waals surface area contributed by atoms with Gasteiger partial charge in [0.25, 0.3) is 0 Å². The summed E-state index contributed by atoms with van der Waals surface area (Å²) in [6.07, 6.45) is 1.32. The van der Waals surface area contributed by atoms with Gasteiger partial charge in [0.05, 0.1) is 22.0 Å². The van der Waals surface area contributed by atoms with Crippen molar-refractivity contribution in [3.05, 3.63) is 52.0 Å². The van der Waals surface area contributed by atoms with Crippen molar-refractivity contribution in [3.63, 3.8) is 0 Å². The summed E-state index contributed by atoms with van der Waals surface area (Å²) in [4.78, 5) is 27.4. The maximum Gasteiger partial charge on any atom is 0.244 e. The molecule has 0 spiro atoms. The van der Waals surface area contributed by atoms with Crippen molar-refractivity contribution >= 4 is 50.7 Å². The van der Waals surface area contributed by atoms with Gasteiger partial charge in [-0.25, -0.2) is 8.42 Å². The van der Waals surface area contributed by atoms with E-state index in [9.17, 15) is 18.0 Å². The Hall–Kier alpha value is -2.69. The first kappa shape index (κ1) is 25.9. The van der Waals surface area contributed by atoms with Crippen molar-refractivity contribution in [1.82, 2.24) is 10.2 Å². The average molecular weight is 530 g/mol. The molecule has 2 amide bonds. The highest BCUT2D eigenvalue weighted by Crippen LogP contribution is 2.36. The highest BCUT2D eigenvalue weighted by molar-refractivity contribution is 7.92. The number of nitrogens with zero attached hydrogens (tertiary/aromatic N) is 2. The number of ether oxygens (including phenoxy) is 2. The second kappa shape index (κ2) is 10.7. The van der Waals surface area contributed by atoms with Crippen molar-refractivity contribution < 1.29 is 27.5 Å². The van der Waals surface area contributed by atoms with Crippen molar-refractivity contribution in [2.45, 2.75) is 25.9 Å². The van der Waals surface area contributed by atoms with Crippen LogP contribution in [0, 0.1) is 0 Å². The maximum absolute atomic E-state index is 13.5. The van der Waals surface area contributed by atoms with E-state index in [4.69, 9.17) is 32.7 Å². The molecule has 0 aliphatic carbocycles. The van der Waals surface area contributed by atoms with E-state index in [0.717, 1.165) is 10.6 Å². The van der Waals surface area contributed by atoms with Crippen LogP contribution in [0.2, 0.25) is 10.0 Å². The van der Waals surface area contributed by atoms with Crippen LogP contribution in [0.3, 0.4) is 0 Å². The van der Waals surface area contributed by atoms with Crippen molar-refractivity contribution in [1.29, 1.82) is 0 Å². The number of sulfonamides is 1. The van der Waals surface area contributed by atoms with Crippen LogP contribution in [-0.4, -0.2) is 57.8 Å². The van der Waals surface area contributed by atoms with Crippen molar-refractivity contribution in [2.24, 2.45) is 0 Å². The summed E-state index contributed by atoms with van der Waals surface area (Å²) in [6, 6.07) is 8.66. The summed E-state index contributed by atoms with van der Waals surface area (Å²) in [6.45, 7) is 1.30. The fourth-order valence-electron chi connectivity index (χ4n) is 3.57. The number of fused-ring (bicyclic) bond motifs is 1. The first-order chi connectivity index (χ1) is 16.0. The molecular weight excluding hydrogens is 505 g/mol.